The van der Waals surface area contributed by atoms with Crippen LogP contribution < -0.4 is 15.0 Å². The van der Waals surface area contributed by atoms with Crippen LogP contribution in [0.5, 0.6) is 5.75 Å². The second kappa shape index (κ2) is 11.3. The Morgan fingerprint density at radius 3 is 2.70 bits per heavy atom. The third-order valence-corrected chi connectivity index (χ3v) is 6.11. The van der Waals surface area contributed by atoms with Crippen molar-refractivity contribution < 1.29 is 19.4 Å². The molecule has 30 heavy (non-hydrogen) atoms. The molecule has 1 fully saturated rings. The molecule has 2 unspecified atom stereocenters. The van der Waals surface area contributed by atoms with Crippen LogP contribution in [-0.2, 0) is 16.0 Å². The number of benzene rings is 1. The number of hydrogen-bond acceptors (Lipinski definition) is 8. The molecule has 8 heteroatoms. The van der Waals surface area contributed by atoms with E-state index in [1.54, 1.807) is 11.3 Å². The van der Waals surface area contributed by atoms with Crippen LogP contribution in [0.1, 0.15) is 43.5 Å². The van der Waals surface area contributed by atoms with Gasteiger partial charge in [0.15, 0.2) is 11.7 Å². The molecule has 1 saturated heterocycles. The highest BCUT2D eigenvalue weighted by atomic mass is 32.1. The van der Waals surface area contributed by atoms with Crippen molar-refractivity contribution in [2.45, 2.75) is 44.8 Å². The number of nitrogens with zero attached hydrogens (tertiary/aromatic N) is 2. The molecule has 3 rings (SSSR count). The van der Waals surface area contributed by atoms with E-state index in [9.17, 15) is 9.90 Å². The van der Waals surface area contributed by atoms with Gasteiger partial charge in [0.1, 0.15) is 11.9 Å². The minimum absolute atomic E-state index is 0.0955. The number of nitrogens with one attached hydrogen (secondary N) is 1. The van der Waals surface area contributed by atoms with E-state index >= 15 is 0 Å². The summed E-state index contributed by atoms with van der Waals surface area (Å²) in [7, 11) is 1.34. The minimum Gasteiger partial charge on any atom is -0.482 e. The Morgan fingerprint density at radius 1 is 1.27 bits per heavy atom. The smallest absolute Gasteiger partial charge is 0.343 e. The molecule has 2 aromatic rings. The molecule has 0 radical (unpaired) electrons. The van der Waals surface area contributed by atoms with Crippen LogP contribution in [0, 0.1) is 0 Å². The number of aliphatic hydroxyl groups excluding tert-OH is 1. The number of anilines is 1. The van der Waals surface area contributed by atoms with Crippen molar-refractivity contribution in [1.82, 2.24) is 10.3 Å². The van der Waals surface area contributed by atoms with Gasteiger partial charge in [-0.2, -0.15) is 0 Å². The molecule has 0 aliphatic carbocycles. The number of piperidine rings is 1. The maximum Gasteiger partial charge on any atom is 0.343 e. The number of carbonyl (C=O) groups is 1. The zero-order chi connectivity index (χ0) is 21.3. The molecule has 1 aliphatic rings. The van der Waals surface area contributed by atoms with Gasteiger partial charge in [-0.3, -0.25) is 0 Å². The molecule has 164 valence electrons. The predicted octanol–water partition coefficient (Wildman–Crippen LogP) is 2.94. The molecule has 0 saturated carbocycles. The summed E-state index contributed by atoms with van der Waals surface area (Å²) >= 11 is 1.62. The van der Waals surface area contributed by atoms with E-state index < -0.39 is 12.1 Å². The normalized spacial score (nSPS) is 16.2. The van der Waals surface area contributed by atoms with E-state index in [1.165, 1.54) is 26.4 Å². The first-order valence-electron chi connectivity index (χ1n) is 10.5. The lowest BCUT2D eigenvalue weighted by molar-refractivity contribution is -0.142. The summed E-state index contributed by atoms with van der Waals surface area (Å²) in [6.45, 7) is 4.58. The molecule has 2 atom stereocenters. The van der Waals surface area contributed by atoms with Crippen molar-refractivity contribution in [1.29, 1.82) is 0 Å². The van der Waals surface area contributed by atoms with Crippen LogP contribution in [0.2, 0.25) is 0 Å². The molecule has 7 nitrogen and oxygen atoms in total. The molecule has 1 aromatic carbocycles. The molecular weight excluding hydrogens is 402 g/mol. The monoisotopic (exact) mass is 433 g/mol. The lowest BCUT2D eigenvalue weighted by Crippen LogP contribution is -2.32. The first-order valence-corrected chi connectivity index (χ1v) is 11.3. The van der Waals surface area contributed by atoms with Crippen LogP contribution >= 0.6 is 11.3 Å². The van der Waals surface area contributed by atoms with Gasteiger partial charge in [0, 0.05) is 31.1 Å². The SMILES string of the molecule is COC(=O)COc1ccc(CC(C)NCC(O)c2csc(N3CCCCC3)n2)cc1. The zero-order valence-corrected chi connectivity index (χ0v) is 18.5. The number of hydrogen-bond donors (Lipinski definition) is 2. The summed E-state index contributed by atoms with van der Waals surface area (Å²) in [6, 6.07) is 7.84. The van der Waals surface area contributed by atoms with Gasteiger partial charge in [0.05, 0.1) is 12.8 Å². The molecule has 0 bridgehead atoms. The molecule has 0 spiro atoms. The van der Waals surface area contributed by atoms with Gasteiger partial charge in [-0.25, -0.2) is 9.78 Å². The Morgan fingerprint density at radius 2 is 2.00 bits per heavy atom. The highest BCUT2D eigenvalue weighted by Crippen LogP contribution is 2.26. The summed E-state index contributed by atoms with van der Waals surface area (Å²) in [5.74, 6) is 0.229. The fourth-order valence-corrected chi connectivity index (χ4v) is 4.35. The van der Waals surface area contributed by atoms with Gasteiger partial charge in [-0.05, 0) is 50.3 Å². The number of thiazole rings is 1. The Balaban J connectivity index is 1.42. The van der Waals surface area contributed by atoms with Gasteiger partial charge in [-0.1, -0.05) is 12.1 Å². The Hall–Kier alpha value is -2.16. The number of aromatic nitrogens is 1. The Bertz CT molecular complexity index is 790. The van der Waals surface area contributed by atoms with Crippen LogP contribution in [0.4, 0.5) is 5.13 Å². The quantitative estimate of drug-likeness (QED) is 0.557. The largest absolute Gasteiger partial charge is 0.482 e. The molecular formula is C22H31N3O4S. The first-order chi connectivity index (χ1) is 14.5. The number of rotatable bonds is 10. The zero-order valence-electron chi connectivity index (χ0n) is 17.7. The second-order valence-electron chi connectivity index (χ2n) is 7.64. The van der Waals surface area contributed by atoms with E-state index in [1.807, 2.05) is 29.6 Å². The summed E-state index contributed by atoms with van der Waals surface area (Å²) in [4.78, 5) is 18.1. The lowest BCUT2D eigenvalue weighted by atomic mass is 10.1. The second-order valence-corrected chi connectivity index (χ2v) is 8.48. The fraction of sp³-hybridized carbons (Fsp3) is 0.545. The van der Waals surface area contributed by atoms with Crippen molar-refractivity contribution in [3.05, 3.63) is 40.9 Å². The van der Waals surface area contributed by atoms with Gasteiger partial charge >= 0.3 is 5.97 Å². The Kier molecular flexibility index (Phi) is 8.48. The third kappa shape index (κ3) is 6.68. The van der Waals surface area contributed by atoms with Gasteiger partial charge in [0.2, 0.25) is 0 Å². The molecule has 0 amide bonds. The van der Waals surface area contributed by atoms with Crippen LogP contribution in [0.25, 0.3) is 0 Å². The summed E-state index contributed by atoms with van der Waals surface area (Å²) in [5.41, 5.74) is 1.89. The maximum atomic E-state index is 11.1. The number of esters is 1. The van der Waals surface area contributed by atoms with Crippen LogP contribution in [0.15, 0.2) is 29.6 Å². The van der Waals surface area contributed by atoms with Crippen molar-refractivity contribution in [3.63, 3.8) is 0 Å². The van der Waals surface area contributed by atoms with E-state index in [-0.39, 0.29) is 12.6 Å². The predicted molar refractivity (Wildman–Crippen MR) is 118 cm³/mol. The highest BCUT2D eigenvalue weighted by Gasteiger charge is 2.18. The van der Waals surface area contributed by atoms with E-state index in [4.69, 9.17) is 4.74 Å². The number of ether oxygens (including phenoxy) is 2. The number of methoxy groups -OCH3 is 1. The average molecular weight is 434 g/mol. The standard InChI is InChI=1S/C22H31N3O4S/c1-16(12-17-6-8-18(9-7-17)29-14-21(27)28-2)23-13-20(26)19-15-30-22(24-19)25-10-4-3-5-11-25/h6-9,15-16,20,23,26H,3-5,10-14H2,1-2H3. The number of carbonyl (C=O) groups excluding carboxylic acids is 1. The van der Waals surface area contributed by atoms with Crippen LogP contribution in [0.3, 0.4) is 0 Å². The molecule has 1 aromatic heterocycles. The maximum absolute atomic E-state index is 11.1. The van der Waals surface area contributed by atoms with Gasteiger partial charge in [-0.15, -0.1) is 11.3 Å². The van der Waals surface area contributed by atoms with Crippen molar-refractivity contribution in [2.24, 2.45) is 0 Å². The van der Waals surface area contributed by atoms with Crippen molar-refractivity contribution in [2.75, 3.05) is 38.3 Å². The Labute approximate surface area is 182 Å². The lowest BCUT2D eigenvalue weighted by Gasteiger charge is -2.25. The molecule has 2 heterocycles. The minimum atomic E-state index is -0.615. The summed E-state index contributed by atoms with van der Waals surface area (Å²) in [6.07, 6.45) is 3.93. The first kappa shape index (κ1) is 22.5. The average Bonchev–Trinajstić information content (AvgIpc) is 3.28. The fourth-order valence-electron chi connectivity index (χ4n) is 3.43. The van der Waals surface area contributed by atoms with Crippen molar-refractivity contribution >= 4 is 22.4 Å². The van der Waals surface area contributed by atoms with Gasteiger partial charge < -0.3 is 24.8 Å². The van der Waals surface area contributed by atoms with Crippen molar-refractivity contribution in [3.8, 4) is 5.75 Å². The van der Waals surface area contributed by atoms with E-state index in [2.05, 4.69) is 26.9 Å². The molecule has 2 N–H and O–H groups in total. The van der Waals surface area contributed by atoms with E-state index in [0.29, 0.717) is 12.3 Å². The third-order valence-electron chi connectivity index (χ3n) is 5.19. The highest BCUT2D eigenvalue weighted by molar-refractivity contribution is 7.13. The topological polar surface area (TPSA) is 83.9 Å². The summed E-state index contributed by atoms with van der Waals surface area (Å²) < 4.78 is 9.92. The van der Waals surface area contributed by atoms with Crippen LogP contribution in [-0.4, -0.2) is 55.5 Å². The number of aliphatic hydroxyl groups is 1. The van der Waals surface area contributed by atoms with E-state index in [0.717, 1.165) is 35.9 Å². The van der Waals surface area contributed by atoms with Gasteiger partial charge in [0.25, 0.3) is 0 Å². The summed E-state index contributed by atoms with van der Waals surface area (Å²) in [5, 5.41) is 16.9. The molecule has 1 aliphatic heterocycles.